The molecule has 1 aliphatic carbocycles. The molecule has 3 nitrogen and oxygen atoms in total. The fourth-order valence-electron chi connectivity index (χ4n) is 9.68. The second-order valence-electron chi connectivity index (χ2n) is 16.0. The minimum Gasteiger partial charge on any atom is -0.208 e. The Morgan fingerprint density at radius 1 is 0.262 bits per heavy atom. The predicted molar refractivity (Wildman–Crippen MR) is 251 cm³/mol. The van der Waals surface area contributed by atoms with E-state index in [0.29, 0.717) is 17.5 Å². The van der Waals surface area contributed by atoms with Gasteiger partial charge in [0, 0.05) is 16.7 Å². The van der Waals surface area contributed by atoms with Crippen LogP contribution in [0.2, 0.25) is 0 Å². The highest BCUT2D eigenvalue weighted by atomic mass is 15.0. The van der Waals surface area contributed by atoms with Crippen LogP contribution in [0.25, 0.3) is 88.7 Å². The number of aromatic nitrogens is 3. The average molecular weight is 776 g/mol. The Morgan fingerprint density at radius 2 is 0.721 bits per heavy atom. The molecule has 0 spiro atoms. The van der Waals surface area contributed by atoms with Gasteiger partial charge in [-0.15, -0.1) is 0 Å². The Morgan fingerprint density at radius 3 is 1.41 bits per heavy atom. The van der Waals surface area contributed by atoms with Crippen molar-refractivity contribution in [3.8, 4) is 56.4 Å². The van der Waals surface area contributed by atoms with E-state index in [1.807, 2.05) is 0 Å². The van der Waals surface area contributed by atoms with Crippen molar-refractivity contribution < 1.29 is 0 Å². The molecule has 12 rings (SSSR count). The Kier molecular flexibility index (Phi) is 8.07. The lowest BCUT2D eigenvalue weighted by atomic mass is 9.67. The Balaban J connectivity index is 1.09. The maximum atomic E-state index is 5.40. The van der Waals surface area contributed by atoms with Crippen molar-refractivity contribution in [3.05, 3.63) is 247 Å². The smallest absolute Gasteiger partial charge is 0.164 e. The molecule has 0 unspecified atom stereocenters. The third-order valence-corrected chi connectivity index (χ3v) is 12.6. The lowest BCUT2D eigenvalue weighted by Gasteiger charge is -2.34. The highest BCUT2D eigenvalue weighted by Gasteiger charge is 2.46. The van der Waals surface area contributed by atoms with E-state index in [9.17, 15) is 0 Å². The van der Waals surface area contributed by atoms with Gasteiger partial charge in [0.2, 0.25) is 0 Å². The first-order valence-electron chi connectivity index (χ1n) is 20.8. The summed E-state index contributed by atoms with van der Waals surface area (Å²) in [5.74, 6) is 1.90. The van der Waals surface area contributed by atoms with Crippen LogP contribution < -0.4 is 0 Å². The number of hydrogen-bond acceptors (Lipinski definition) is 3. The van der Waals surface area contributed by atoms with Crippen LogP contribution in [0.4, 0.5) is 0 Å². The van der Waals surface area contributed by atoms with Crippen molar-refractivity contribution in [2.45, 2.75) is 5.41 Å². The highest BCUT2D eigenvalue weighted by Crippen LogP contribution is 2.56. The molecule has 0 saturated carbocycles. The Labute approximate surface area is 354 Å². The summed E-state index contributed by atoms with van der Waals surface area (Å²) in [7, 11) is 0. The number of hydrogen-bond donors (Lipinski definition) is 0. The van der Waals surface area contributed by atoms with Crippen LogP contribution in [0, 0.1) is 0 Å². The second kappa shape index (κ2) is 14.1. The van der Waals surface area contributed by atoms with Gasteiger partial charge in [-0.1, -0.05) is 200 Å². The quantitative estimate of drug-likeness (QED) is 0.169. The summed E-state index contributed by atoms with van der Waals surface area (Å²) >= 11 is 0. The van der Waals surface area contributed by atoms with Crippen molar-refractivity contribution in [2.75, 3.05) is 0 Å². The lowest BCUT2D eigenvalue weighted by molar-refractivity contribution is 0.768. The molecule has 0 aliphatic heterocycles. The summed E-state index contributed by atoms with van der Waals surface area (Å²) in [4.78, 5) is 16.0. The molecule has 0 saturated heterocycles. The van der Waals surface area contributed by atoms with Gasteiger partial charge in [0.05, 0.1) is 5.41 Å². The van der Waals surface area contributed by atoms with Crippen LogP contribution >= 0.6 is 0 Å². The first-order chi connectivity index (χ1) is 30.2. The van der Waals surface area contributed by atoms with Crippen LogP contribution in [0.1, 0.15) is 22.3 Å². The van der Waals surface area contributed by atoms with Gasteiger partial charge in [-0.2, -0.15) is 0 Å². The zero-order chi connectivity index (χ0) is 40.3. The molecular weight excluding hydrogens is 739 g/mol. The molecule has 0 amide bonds. The summed E-state index contributed by atoms with van der Waals surface area (Å²) in [5, 5.41) is 6.98. The highest BCUT2D eigenvalue weighted by molar-refractivity contribution is 5.99. The van der Waals surface area contributed by atoms with E-state index in [2.05, 4.69) is 224 Å². The van der Waals surface area contributed by atoms with E-state index in [1.165, 1.54) is 55.1 Å². The summed E-state index contributed by atoms with van der Waals surface area (Å²) in [5.41, 5.74) is 12.0. The molecule has 10 aromatic carbocycles. The van der Waals surface area contributed by atoms with Crippen LogP contribution in [0.15, 0.2) is 224 Å². The average Bonchev–Trinajstić information content (AvgIpc) is 3.64. The summed E-state index contributed by atoms with van der Waals surface area (Å²) < 4.78 is 0. The first kappa shape index (κ1) is 35.0. The van der Waals surface area contributed by atoms with Crippen molar-refractivity contribution in [2.24, 2.45) is 0 Å². The molecule has 1 aliphatic rings. The number of rotatable bonds is 6. The molecule has 0 bridgehead atoms. The van der Waals surface area contributed by atoms with Crippen molar-refractivity contribution in [1.82, 2.24) is 15.0 Å². The van der Waals surface area contributed by atoms with Gasteiger partial charge in [0.25, 0.3) is 0 Å². The maximum absolute atomic E-state index is 5.40. The van der Waals surface area contributed by atoms with Crippen LogP contribution in [0.5, 0.6) is 0 Å². The largest absolute Gasteiger partial charge is 0.208 e. The molecule has 0 radical (unpaired) electrons. The summed E-state index contributed by atoms with van der Waals surface area (Å²) in [6, 6.07) is 80.7. The van der Waals surface area contributed by atoms with E-state index in [-0.39, 0.29) is 0 Å². The molecule has 1 aromatic heterocycles. The van der Waals surface area contributed by atoms with Crippen molar-refractivity contribution in [3.63, 3.8) is 0 Å². The van der Waals surface area contributed by atoms with Crippen LogP contribution in [0.3, 0.4) is 0 Å². The third-order valence-electron chi connectivity index (χ3n) is 12.6. The van der Waals surface area contributed by atoms with E-state index < -0.39 is 5.41 Å². The Hall–Kier alpha value is -8.01. The zero-order valence-electron chi connectivity index (χ0n) is 33.2. The molecule has 0 atom stereocenters. The molecule has 61 heavy (non-hydrogen) atoms. The summed E-state index contributed by atoms with van der Waals surface area (Å²) in [6.45, 7) is 0. The molecule has 0 N–H and O–H groups in total. The lowest BCUT2D eigenvalue weighted by Crippen LogP contribution is -2.28. The third kappa shape index (κ3) is 5.70. The van der Waals surface area contributed by atoms with E-state index in [4.69, 9.17) is 15.0 Å². The van der Waals surface area contributed by atoms with Crippen molar-refractivity contribution >= 4 is 32.3 Å². The Bertz CT molecular complexity index is 3440. The second-order valence-corrected chi connectivity index (χ2v) is 16.0. The maximum Gasteiger partial charge on any atom is 0.164 e. The van der Waals surface area contributed by atoms with Gasteiger partial charge in [0.15, 0.2) is 17.5 Å². The van der Waals surface area contributed by atoms with Gasteiger partial charge in [-0.3, -0.25) is 0 Å². The van der Waals surface area contributed by atoms with Gasteiger partial charge in [0.1, 0.15) is 0 Å². The molecule has 1 heterocycles. The van der Waals surface area contributed by atoms with E-state index >= 15 is 0 Å². The molecule has 284 valence electrons. The topological polar surface area (TPSA) is 38.7 Å². The fourth-order valence-corrected chi connectivity index (χ4v) is 9.68. The van der Waals surface area contributed by atoms with E-state index in [1.54, 1.807) is 0 Å². The molecular formula is C58H37N3. The van der Waals surface area contributed by atoms with Crippen LogP contribution in [-0.4, -0.2) is 15.0 Å². The minimum atomic E-state index is -0.545. The SMILES string of the molecule is c1ccc(C2(c3ccccc3)c3ccccc3-c3ccc(-c4nc(-c5ccc6ccccc6c5)nc(-c5cccc6ccc(-c7ccc8ccccc8c7)cc56)n4)cc32)cc1. The number of benzene rings is 10. The monoisotopic (exact) mass is 775 g/mol. The zero-order valence-corrected chi connectivity index (χ0v) is 33.2. The molecule has 0 fully saturated rings. The van der Waals surface area contributed by atoms with Gasteiger partial charge in [-0.05, 0) is 101 Å². The van der Waals surface area contributed by atoms with E-state index in [0.717, 1.165) is 38.4 Å². The van der Waals surface area contributed by atoms with Crippen molar-refractivity contribution in [1.29, 1.82) is 0 Å². The van der Waals surface area contributed by atoms with Crippen LogP contribution in [-0.2, 0) is 5.41 Å². The predicted octanol–water partition coefficient (Wildman–Crippen LogP) is 14.4. The minimum absolute atomic E-state index is 0.545. The normalized spacial score (nSPS) is 12.7. The number of fused-ring (bicyclic) bond motifs is 6. The first-order valence-corrected chi connectivity index (χ1v) is 20.8. The summed E-state index contributed by atoms with van der Waals surface area (Å²) in [6.07, 6.45) is 0. The van der Waals surface area contributed by atoms with Gasteiger partial charge < -0.3 is 0 Å². The van der Waals surface area contributed by atoms with Gasteiger partial charge >= 0.3 is 0 Å². The van der Waals surface area contributed by atoms with Gasteiger partial charge in [-0.25, -0.2) is 15.0 Å². The number of nitrogens with zero attached hydrogens (tertiary/aromatic N) is 3. The molecule has 11 aromatic rings. The standard InChI is InChI=1S/C58H37N3/c1-3-19-47(20-4-1)58(48-21-5-2-6-22-48)53-25-12-11-23-49(53)50-33-32-46(37-54(50)58)56-59-55(45-31-27-39-15-8-10-17-42(39)35-45)60-57(61-56)51-24-13-18-40-28-30-44(36-52(40)51)43-29-26-38-14-7-9-16-41(38)34-43/h1-37H. The fraction of sp³-hybridized carbons (Fsp3) is 0.0172. The molecule has 3 heteroatoms.